The molecule has 0 unspecified atom stereocenters. The van der Waals surface area contributed by atoms with E-state index in [4.69, 9.17) is 9.05 Å². The first-order valence-electron chi connectivity index (χ1n) is 5.65. The van der Waals surface area contributed by atoms with Gasteiger partial charge in [0, 0.05) is 14.2 Å². The molecule has 0 amide bonds. The van der Waals surface area contributed by atoms with Gasteiger partial charge < -0.3 is 9.05 Å². The summed E-state index contributed by atoms with van der Waals surface area (Å²) in [7, 11) is -0.0655. The maximum Gasteiger partial charge on any atom is 0.334 e. The quantitative estimate of drug-likeness (QED) is 0.769. The Morgan fingerprint density at radius 3 is 2.59 bits per heavy atom. The second kappa shape index (κ2) is 5.18. The molecule has 0 radical (unpaired) electrons. The lowest BCUT2D eigenvalue weighted by atomic mass is 9.93. The van der Waals surface area contributed by atoms with E-state index in [9.17, 15) is 4.57 Å². The number of rotatable bonds is 4. The second-order valence-corrected chi connectivity index (χ2v) is 6.40. The average Bonchev–Trinajstić information content (AvgIpc) is 2.38. The summed E-state index contributed by atoms with van der Waals surface area (Å²) in [6.07, 6.45) is 4.40. The zero-order valence-corrected chi connectivity index (χ0v) is 11.1. The Balaban J connectivity index is 2.21. The Bertz CT molecular complexity index is 471. The molecule has 0 aromatic heterocycles. The van der Waals surface area contributed by atoms with E-state index in [-0.39, 0.29) is 0 Å². The maximum atomic E-state index is 12.0. The number of allylic oxidation sites excluding steroid dienone is 1. The minimum absolute atomic E-state index is 0.383. The van der Waals surface area contributed by atoms with Gasteiger partial charge in [-0.3, -0.25) is 4.57 Å². The van der Waals surface area contributed by atoms with E-state index in [0.29, 0.717) is 6.16 Å². The van der Waals surface area contributed by atoms with Crippen molar-refractivity contribution >= 4 is 13.7 Å². The molecule has 1 aliphatic carbocycles. The van der Waals surface area contributed by atoms with Crippen molar-refractivity contribution in [2.45, 2.75) is 12.8 Å². The average molecular weight is 252 g/mol. The summed E-state index contributed by atoms with van der Waals surface area (Å²) < 4.78 is 22.0. The zero-order valence-electron chi connectivity index (χ0n) is 10.2. The fraction of sp³-hybridized carbons (Fsp3) is 0.385. The van der Waals surface area contributed by atoms with E-state index >= 15 is 0 Å². The summed E-state index contributed by atoms with van der Waals surface area (Å²) in [6, 6.07) is 8.28. The van der Waals surface area contributed by atoms with Crippen LogP contribution in [-0.4, -0.2) is 20.4 Å². The second-order valence-electron chi connectivity index (χ2n) is 4.14. The van der Waals surface area contributed by atoms with Crippen LogP contribution in [0.3, 0.4) is 0 Å². The normalized spacial score (nSPS) is 15.3. The van der Waals surface area contributed by atoms with Crippen LogP contribution in [0.15, 0.2) is 29.8 Å². The smallest absolute Gasteiger partial charge is 0.312 e. The van der Waals surface area contributed by atoms with E-state index in [1.807, 2.05) is 12.1 Å². The molecule has 1 aliphatic rings. The van der Waals surface area contributed by atoms with Crippen LogP contribution < -0.4 is 0 Å². The third kappa shape index (κ3) is 2.86. The molecule has 0 bridgehead atoms. The molecule has 92 valence electrons. The first kappa shape index (κ1) is 12.6. The van der Waals surface area contributed by atoms with Gasteiger partial charge in [0.25, 0.3) is 0 Å². The minimum Gasteiger partial charge on any atom is -0.312 e. The fourth-order valence-corrected chi connectivity index (χ4v) is 3.22. The molecule has 0 saturated carbocycles. The van der Waals surface area contributed by atoms with E-state index in [0.717, 1.165) is 18.4 Å². The van der Waals surface area contributed by atoms with Gasteiger partial charge in [0.05, 0.1) is 6.16 Å². The molecule has 1 aromatic rings. The van der Waals surface area contributed by atoms with Gasteiger partial charge in [-0.1, -0.05) is 35.9 Å². The van der Waals surface area contributed by atoms with Crippen LogP contribution in [0.25, 0.3) is 6.08 Å². The van der Waals surface area contributed by atoms with Crippen molar-refractivity contribution in [1.82, 2.24) is 0 Å². The van der Waals surface area contributed by atoms with Gasteiger partial charge in [0.15, 0.2) is 0 Å². The van der Waals surface area contributed by atoms with Gasteiger partial charge in [-0.15, -0.1) is 0 Å². The highest BCUT2D eigenvalue weighted by Crippen LogP contribution is 2.49. The fourth-order valence-electron chi connectivity index (χ4n) is 2.07. The number of benzene rings is 1. The summed E-state index contributed by atoms with van der Waals surface area (Å²) in [5, 5.41) is 0. The lowest BCUT2D eigenvalue weighted by Crippen LogP contribution is -2.04. The Morgan fingerprint density at radius 2 is 1.88 bits per heavy atom. The molecule has 2 rings (SSSR count). The van der Waals surface area contributed by atoms with Crippen molar-refractivity contribution < 1.29 is 13.6 Å². The third-order valence-electron chi connectivity index (χ3n) is 3.08. The molecule has 0 N–H and O–H groups in total. The van der Waals surface area contributed by atoms with Crippen LogP contribution in [0.1, 0.15) is 17.5 Å². The summed E-state index contributed by atoms with van der Waals surface area (Å²) in [6.45, 7) is 0. The van der Waals surface area contributed by atoms with E-state index in [2.05, 4.69) is 18.2 Å². The van der Waals surface area contributed by atoms with Crippen molar-refractivity contribution in [3.8, 4) is 0 Å². The van der Waals surface area contributed by atoms with Crippen LogP contribution in [0.4, 0.5) is 0 Å². The minimum atomic E-state index is -2.93. The maximum absolute atomic E-state index is 12.0. The van der Waals surface area contributed by atoms with Crippen molar-refractivity contribution in [3.63, 3.8) is 0 Å². The molecule has 0 aliphatic heterocycles. The molecule has 17 heavy (non-hydrogen) atoms. The molecule has 0 saturated heterocycles. The van der Waals surface area contributed by atoms with Crippen LogP contribution in [-0.2, 0) is 20.0 Å². The van der Waals surface area contributed by atoms with Gasteiger partial charge >= 0.3 is 7.60 Å². The number of hydrogen-bond acceptors (Lipinski definition) is 3. The van der Waals surface area contributed by atoms with Crippen molar-refractivity contribution in [3.05, 3.63) is 41.0 Å². The van der Waals surface area contributed by atoms with Crippen molar-refractivity contribution in [2.24, 2.45) is 0 Å². The molecule has 0 atom stereocenters. The Kier molecular flexibility index (Phi) is 3.82. The highest BCUT2D eigenvalue weighted by molar-refractivity contribution is 7.54. The molecule has 0 heterocycles. The predicted octanol–water partition coefficient (Wildman–Crippen LogP) is 3.50. The molecule has 1 aromatic carbocycles. The molecule has 4 heteroatoms. The molecular weight excluding hydrogens is 235 g/mol. The number of hydrogen-bond donors (Lipinski definition) is 0. The Labute approximate surface area is 102 Å². The summed E-state index contributed by atoms with van der Waals surface area (Å²) in [5.74, 6) is 0. The summed E-state index contributed by atoms with van der Waals surface area (Å²) >= 11 is 0. The lowest BCUT2D eigenvalue weighted by molar-refractivity contribution is 0.278. The lowest BCUT2D eigenvalue weighted by Gasteiger charge is -2.19. The van der Waals surface area contributed by atoms with Gasteiger partial charge in [-0.25, -0.2) is 0 Å². The first-order chi connectivity index (χ1) is 8.17. The van der Waals surface area contributed by atoms with E-state index < -0.39 is 7.60 Å². The summed E-state index contributed by atoms with van der Waals surface area (Å²) in [5.41, 5.74) is 3.70. The Hall–Kier alpha value is -0.890. The molecular formula is C13H17O3P. The zero-order chi connectivity index (χ0) is 12.3. The van der Waals surface area contributed by atoms with Gasteiger partial charge in [-0.2, -0.15) is 0 Å². The van der Waals surface area contributed by atoms with E-state index in [1.165, 1.54) is 25.3 Å². The van der Waals surface area contributed by atoms with Crippen LogP contribution in [0, 0.1) is 0 Å². The number of aryl methyl sites for hydroxylation is 1. The van der Waals surface area contributed by atoms with Crippen LogP contribution in [0.5, 0.6) is 0 Å². The monoisotopic (exact) mass is 252 g/mol. The highest BCUT2D eigenvalue weighted by atomic mass is 31.2. The van der Waals surface area contributed by atoms with Gasteiger partial charge in [-0.05, 0) is 24.0 Å². The predicted molar refractivity (Wildman–Crippen MR) is 69.2 cm³/mol. The van der Waals surface area contributed by atoms with Crippen molar-refractivity contribution in [2.75, 3.05) is 20.4 Å². The largest absolute Gasteiger partial charge is 0.334 e. The third-order valence-corrected chi connectivity index (χ3v) is 4.99. The highest BCUT2D eigenvalue weighted by Gasteiger charge is 2.24. The Morgan fingerprint density at radius 1 is 1.18 bits per heavy atom. The standard InChI is InChI=1S/C13H17O3P/c1-15-17(14,16-2)10-11-7-8-12-5-3-4-6-13(12)9-11/h3-6,9H,7-8,10H2,1-2H3. The summed E-state index contributed by atoms with van der Waals surface area (Å²) in [4.78, 5) is 0. The van der Waals surface area contributed by atoms with Crippen molar-refractivity contribution in [1.29, 1.82) is 0 Å². The molecule has 3 nitrogen and oxygen atoms in total. The van der Waals surface area contributed by atoms with Gasteiger partial charge in [0.1, 0.15) is 0 Å². The van der Waals surface area contributed by atoms with E-state index in [1.54, 1.807) is 0 Å². The SMILES string of the molecule is COP(=O)(CC1=Cc2ccccc2CC1)OC. The molecule has 0 fully saturated rings. The van der Waals surface area contributed by atoms with Gasteiger partial charge in [0.2, 0.25) is 0 Å². The number of fused-ring (bicyclic) bond motifs is 1. The van der Waals surface area contributed by atoms with Crippen LogP contribution in [0.2, 0.25) is 0 Å². The topological polar surface area (TPSA) is 35.5 Å². The first-order valence-corrected chi connectivity index (χ1v) is 7.37. The molecule has 0 spiro atoms. The van der Waals surface area contributed by atoms with Crippen LogP contribution >= 0.6 is 7.60 Å².